The maximum Gasteiger partial charge on any atom is 0.319 e. The van der Waals surface area contributed by atoms with Crippen LogP contribution in [-0.2, 0) is 0 Å². The molecule has 0 fully saturated rings. The molecule has 0 aliphatic rings. The van der Waals surface area contributed by atoms with Gasteiger partial charge in [0.2, 0.25) is 0 Å². The van der Waals surface area contributed by atoms with E-state index in [1.807, 2.05) is 58.0 Å². The Morgan fingerprint density at radius 2 is 1.77 bits per heavy atom. The molecule has 0 saturated carbocycles. The number of urea groups is 1. The molecule has 1 heterocycles. The number of nitrogens with one attached hydrogen (secondary N) is 3. The number of carbonyl (C=O) groups is 1. The van der Waals surface area contributed by atoms with Gasteiger partial charge in [-0.1, -0.05) is 24.3 Å². The Bertz CT molecular complexity index is 1110. The molecule has 6 nitrogen and oxygen atoms in total. The van der Waals surface area contributed by atoms with Crippen LogP contribution in [0.15, 0.2) is 36.4 Å². The number of benzene rings is 2. The van der Waals surface area contributed by atoms with E-state index in [4.69, 9.17) is 0 Å². The van der Waals surface area contributed by atoms with Crippen molar-refractivity contribution in [3.05, 3.63) is 64.2 Å². The van der Waals surface area contributed by atoms with Gasteiger partial charge in [0.05, 0.1) is 11.1 Å². The van der Waals surface area contributed by atoms with Gasteiger partial charge >= 0.3 is 6.03 Å². The molecule has 3 aromatic rings. The summed E-state index contributed by atoms with van der Waals surface area (Å²) < 4.78 is 0. The third-order valence-electron chi connectivity index (χ3n) is 5.06. The molecule has 6 heteroatoms. The van der Waals surface area contributed by atoms with E-state index in [2.05, 4.69) is 33.1 Å². The van der Waals surface area contributed by atoms with Crippen LogP contribution in [0.4, 0.5) is 16.3 Å². The lowest BCUT2D eigenvalue weighted by atomic mass is 10.0. The fraction of sp³-hybridized carbons (Fsp3) is 0.292. The standard InChI is InChI=1S/C24H27N5O/c1-15-11-18(4)20-13-19(14-25)23(28-21(20)12-15)26-9-6-10-27-24(30)29-22-16(2)7-5-8-17(22)3/h5,7-8,11-13H,6,9-10H2,1-4H3,(H,26,28)(H2,27,29,30). The highest BCUT2D eigenvalue weighted by Gasteiger charge is 2.09. The summed E-state index contributed by atoms with van der Waals surface area (Å²) in [7, 11) is 0. The zero-order valence-electron chi connectivity index (χ0n) is 17.9. The third-order valence-corrected chi connectivity index (χ3v) is 5.06. The Labute approximate surface area is 177 Å². The van der Waals surface area contributed by atoms with Gasteiger partial charge < -0.3 is 16.0 Å². The first-order chi connectivity index (χ1) is 14.4. The molecule has 0 bridgehead atoms. The number of nitrogens with zero attached hydrogens (tertiary/aromatic N) is 2. The van der Waals surface area contributed by atoms with Gasteiger partial charge in [-0.25, -0.2) is 9.78 Å². The van der Waals surface area contributed by atoms with Crippen molar-refractivity contribution >= 4 is 28.4 Å². The third kappa shape index (κ3) is 4.87. The highest BCUT2D eigenvalue weighted by atomic mass is 16.2. The van der Waals surface area contributed by atoms with Crippen LogP contribution < -0.4 is 16.0 Å². The molecule has 0 atom stereocenters. The van der Waals surface area contributed by atoms with E-state index in [0.29, 0.717) is 30.9 Å². The normalized spacial score (nSPS) is 10.5. The van der Waals surface area contributed by atoms with Gasteiger partial charge in [-0.3, -0.25) is 0 Å². The first-order valence-electron chi connectivity index (χ1n) is 10.1. The number of aromatic nitrogens is 1. The molecule has 1 aromatic heterocycles. The van der Waals surface area contributed by atoms with Crippen molar-refractivity contribution in [1.82, 2.24) is 10.3 Å². The fourth-order valence-electron chi connectivity index (χ4n) is 3.52. The average Bonchev–Trinajstić information content (AvgIpc) is 2.70. The summed E-state index contributed by atoms with van der Waals surface area (Å²) in [5, 5.41) is 19.5. The average molecular weight is 402 g/mol. The van der Waals surface area contributed by atoms with Gasteiger partial charge in [-0.15, -0.1) is 0 Å². The molecule has 30 heavy (non-hydrogen) atoms. The number of carbonyl (C=O) groups excluding carboxylic acids is 1. The second-order valence-electron chi connectivity index (χ2n) is 7.57. The number of para-hydroxylation sites is 1. The van der Waals surface area contributed by atoms with Crippen LogP contribution in [0, 0.1) is 39.0 Å². The Morgan fingerprint density at radius 3 is 2.47 bits per heavy atom. The van der Waals surface area contributed by atoms with Crippen molar-refractivity contribution < 1.29 is 4.79 Å². The highest BCUT2D eigenvalue weighted by Crippen LogP contribution is 2.24. The van der Waals surface area contributed by atoms with Crippen molar-refractivity contribution in [2.24, 2.45) is 0 Å². The SMILES string of the molecule is Cc1cc(C)c2cc(C#N)c(NCCCNC(=O)Nc3c(C)cccc3C)nc2c1. The molecule has 0 spiro atoms. The smallest absolute Gasteiger partial charge is 0.319 e. The summed E-state index contributed by atoms with van der Waals surface area (Å²) in [6.07, 6.45) is 0.706. The lowest BCUT2D eigenvalue weighted by Gasteiger charge is -2.13. The minimum atomic E-state index is -0.222. The molecule has 2 amide bonds. The molecule has 3 rings (SSSR count). The van der Waals surface area contributed by atoms with Crippen molar-refractivity contribution in [2.75, 3.05) is 23.7 Å². The van der Waals surface area contributed by atoms with Gasteiger partial charge in [-0.05, 0) is 68.5 Å². The summed E-state index contributed by atoms with van der Waals surface area (Å²) >= 11 is 0. The molecule has 0 saturated heterocycles. The quantitative estimate of drug-likeness (QED) is 0.509. The zero-order valence-corrected chi connectivity index (χ0v) is 17.9. The summed E-state index contributed by atoms with van der Waals surface area (Å²) in [5.41, 5.74) is 6.56. The van der Waals surface area contributed by atoms with E-state index >= 15 is 0 Å². The van der Waals surface area contributed by atoms with Gasteiger partial charge in [0.15, 0.2) is 0 Å². The Balaban J connectivity index is 1.55. The van der Waals surface area contributed by atoms with Crippen molar-refractivity contribution in [2.45, 2.75) is 34.1 Å². The van der Waals surface area contributed by atoms with E-state index in [1.54, 1.807) is 0 Å². The van der Waals surface area contributed by atoms with E-state index in [-0.39, 0.29) is 6.03 Å². The predicted molar refractivity (Wildman–Crippen MR) is 122 cm³/mol. The van der Waals surface area contributed by atoms with Crippen LogP contribution in [0.25, 0.3) is 10.9 Å². The van der Waals surface area contributed by atoms with Crippen LogP contribution in [0.5, 0.6) is 0 Å². The van der Waals surface area contributed by atoms with Crippen molar-refractivity contribution in [3.8, 4) is 6.07 Å². The molecular formula is C24H27N5O. The maximum absolute atomic E-state index is 12.2. The highest BCUT2D eigenvalue weighted by molar-refractivity contribution is 5.91. The number of nitriles is 1. The fourth-order valence-corrected chi connectivity index (χ4v) is 3.52. The van der Waals surface area contributed by atoms with E-state index < -0.39 is 0 Å². The predicted octanol–water partition coefficient (Wildman–Crippen LogP) is 4.96. The maximum atomic E-state index is 12.2. The molecule has 3 N–H and O–H groups in total. The first kappa shape index (κ1) is 21.1. The number of anilines is 2. The lowest BCUT2D eigenvalue weighted by molar-refractivity contribution is 0.252. The number of hydrogen-bond acceptors (Lipinski definition) is 4. The van der Waals surface area contributed by atoms with Crippen LogP contribution in [0.2, 0.25) is 0 Å². The van der Waals surface area contributed by atoms with Crippen LogP contribution >= 0.6 is 0 Å². The zero-order chi connectivity index (χ0) is 21.7. The van der Waals surface area contributed by atoms with Gasteiger partial charge in [0.25, 0.3) is 0 Å². The minimum absolute atomic E-state index is 0.222. The summed E-state index contributed by atoms with van der Waals surface area (Å²) in [6.45, 7) is 9.12. The topological polar surface area (TPSA) is 89.8 Å². The number of rotatable bonds is 6. The Kier molecular flexibility index (Phi) is 6.53. The molecule has 0 aliphatic heterocycles. The van der Waals surface area contributed by atoms with E-state index in [1.165, 1.54) is 0 Å². The molecule has 0 aliphatic carbocycles. The molecular weight excluding hydrogens is 374 g/mol. The van der Waals surface area contributed by atoms with Crippen molar-refractivity contribution in [3.63, 3.8) is 0 Å². The molecule has 2 aromatic carbocycles. The number of aryl methyl sites for hydroxylation is 4. The summed E-state index contributed by atoms with van der Waals surface area (Å²) in [6, 6.07) is 13.9. The number of hydrogen-bond donors (Lipinski definition) is 3. The molecule has 154 valence electrons. The second kappa shape index (κ2) is 9.27. The van der Waals surface area contributed by atoms with E-state index in [9.17, 15) is 10.1 Å². The van der Waals surface area contributed by atoms with Gasteiger partial charge in [0.1, 0.15) is 11.9 Å². The van der Waals surface area contributed by atoms with Gasteiger partial charge in [-0.2, -0.15) is 5.26 Å². The largest absolute Gasteiger partial charge is 0.369 e. The number of fused-ring (bicyclic) bond motifs is 1. The summed E-state index contributed by atoms with van der Waals surface area (Å²) in [4.78, 5) is 16.8. The Morgan fingerprint density at radius 1 is 1.03 bits per heavy atom. The van der Waals surface area contributed by atoms with E-state index in [0.717, 1.165) is 38.8 Å². The minimum Gasteiger partial charge on any atom is -0.369 e. The molecule has 0 unspecified atom stereocenters. The number of pyridine rings is 1. The van der Waals surface area contributed by atoms with Crippen LogP contribution in [0.1, 0.15) is 34.2 Å². The first-order valence-corrected chi connectivity index (χ1v) is 10.1. The van der Waals surface area contributed by atoms with Crippen LogP contribution in [0.3, 0.4) is 0 Å². The second-order valence-corrected chi connectivity index (χ2v) is 7.57. The molecule has 0 radical (unpaired) electrons. The van der Waals surface area contributed by atoms with Crippen molar-refractivity contribution in [1.29, 1.82) is 5.26 Å². The van der Waals surface area contributed by atoms with Crippen LogP contribution in [-0.4, -0.2) is 24.1 Å². The lowest BCUT2D eigenvalue weighted by Crippen LogP contribution is -2.31. The Hall–Kier alpha value is -3.59. The summed E-state index contributed by atoms with van der Waals surface area (Å²) in [5.74, 6) is 0.579. The van der Waals surface area contributed by atoms with Gasteiger partial charge in [0, 0.05) is 24.2 Å². The monoisotopic (exact) mass is 401 g/mol. The number of amides is 2.